The molecular formula is C19H21IN2O. The van der Waals surface area contributed by atoms with E-state index in [1.165, 1.54) is 17.5 Å². The molecule has 1 atom stereocenters. The zero-order chi connectivity index (χ0) is 16.2. The van der Waals surface area contributed by atoms with Crippen LogP contribution >= 0.6 is 22.6 Å². The maximum atomic E-state index is 12.4. The van der Waals surface area contributed by atoms with Crippen LogP contribution in [0.1, 0.15) is 30.0 Å². The first kappa shape index (κ1) is 16.5. The van der Waals surface area contributed by atoms with Crippen molar-refractivity contribution in [3.63, 3.8) is 0 Å². The van der Waals surface area contributed by atoms with Gasteiger partial charge < -0.3 is 5.32 Å². The lowest BCUT2D eigenvalue weighted by atomic mass is 9.87. The molecule has 1 amide bonds. The molecular weight excluding hydrogens is 399 g/mol. The SMILES string of the molecule is CN(CC(=O)Nc1ccccc1I)[C@@H]1CCCc2ccccc21. The van der Waals surface area contributed by atoms with Gasteiger partial charge in [-0.25, -0.2) is 0 Å². The molecule has 3 rings (SSSR count). The second-order valence-electron chi connectivity index (χ2n) is 6.05. The summed E-state index contributed by atoms with van der Waals surface area (Å²) in [4.78, 5) is 14.5. The van der Waals surface area contributed by atoms with Gasteiger partial charge in [0.05, 0.1) is 12.2 Å². The van der Waals surface area contributed by atoms with Gasteiger partial charge in [-0.05, 0) is 72.2 Å². The van der Waals surface area contributed by atoms with Gasteiger partial charge in [-0.1, -0.05) is 36.4 Å². The number of fused-ring (bicyclic) bond motifs is 1. The molecule has 1 aliphatic rings. The smallest absolute Gasteiger partial charge is 0.238 e. The largest absolute Gasteiger partial charge is 0.324 e. The van der Waals surface area contributed by atoms with Crippen molar-refractivity contribution in [2.45, 2.75) is 25.3 Å². The highest BCUT2D eigenvalue weighted by Crippen LogP contribution is 2.33. The van der Waals surface area contributed by atoms with Crippen molar-refractivity contribution in [2.75, 3.05) is 18.9 Å². The summed E-state index contributed by atoms with van der Waals surface area (Å²) in [5, 5.41) is 3.02. The Balaban J connectivity index is 1.67. The molecule has 23 heavy (non-hydrogen) atoms. The molecule has 120 valence electrons. The van der Waals surface area contributed by atoms with Crippen LogP contribution in [-0.2, 0) is 11.2 Å². The quantitative estimate of drug-likeness (QED) is 0.751. The van der Waals surface area contributed by atoms with Gasteiger partial charge in [-0.3, -0.25) is 9.69 Å². The van der Waals surface area contributed by atoms with Crippen molar-refractivity contribution in [3.8, 4) is 0 Å². The van der Waals surface area contributed by atoms with Crippen LogP contribution in [0.3, 0.4) is 0 Å². The molecule has 3 nitrogen and oxygen atoms in total. The molecule has 0 aliphatic heterocycles. The zero-order valence-electron chi connectivity index (χ0n) is 13.3. The summed E-state index contributed by atoms with van der Waals surface area (Å²) in [7, 11) is 2.04. The number of likely N-dealkylation sites (N-methyl/N-ethyl adjacent to an activating group) is 1. The molecule has 2 aromatic rings. The average Bonchev–Trinajstić information content (AvgIpc) is 2.56. The molecule has 0 saturated heterocycles. The van der Waals surface area contributed by atoms with Crippen LogP contribution in [0.25, 0.3) is 0 Å². The molecule has 0 radical (unpaired) electrons. The monoisotopic (exact) mass is 420 g/mol. The lowest BCUT2D eigenvalue weighted by molar-refractivity contribution is -0.117. The van der Waals surface area contributed by atoms with Crippen molar-refractivity contribution in [1.82, 2.24) is 4.90 Å². The maximum Gasteiger partial charge on any atom is 0.238 e. The van der Waals surface area contributed by atoms with E-state index in [1.54, 1.807) is 0 Å². The van der Waals surface area contributed by atoms with Crippen LogP contribution in [0.4, 0.5) is 5.69 Å². The first-order chi connectivity index (χ1) is 11.1. The third kappa shape index (κ3) is 3.93. The number of nitrogens with zero attached hydrogens (tertiary/aromatic N) is 1. The van der Waals surface area contributed by atoms with E-state index >= 15 is 0 Å². The maximum absolute atomic E-state index is 12.4. The Labute approximate surface area is 151 Å². The van der Waals surface area contributed by atoms with Crippen LogP contribution in [0, 0.1) is 3.57 Å². The fraction of sp³-hybridized carbons (Fsp3) is 0.316. The van der Waals surface area contributed by atoms with Crippen LogP contribution in [-0.4, -0.2) is 24.4 Å². The molecule has 4 heteroatoms. The van der Waals surface area contributed by atoms with E-state index in [-0.39, 0.29) is 5.91 Å². The first-order valence-electron chi connectivity index (χ1n) is 7.97. The second kappa shape index (κ2) is 7.45. The summed E-state index contributed by atoms with van der Waals surface area (Å²) >= 11 is 2.24. The van der Waals surface area contributed by atoms with Gasteiger partial charge in [0.1, 0.15) is 0 Å². The number of carbonyl (C=O) groups is 1. The Hall–Kier alpha value is -1.40. The molecule has 0 unspecified atom stereocenters. The van der Waals surface area contributed by atoms with Gasteiger partial charge in [-0.15, -0.1) is 0 Å². The molecule has 0 heterocycles. The van der Waals surface area contributed by atoms with E-state index in [0.29, 0.717) is 12.6 Å². The standard InChI is InChI=1S/C19H21IN2O/c1-22(13-19(23)21-17-11-5-4-10-16(17)20)18-12-6-8-14-7-2-3-9-15(14)18/h2-5,7,9-11,18H,6,8,12-13H2,1H3,(H,21,23)/t18-/m1/s1. The highest BCUT2D eigenvalue weighted by Gasteiger charge is 2.24. The topological polar surface area (TPSA) is 32.3 Å². The number of hydrogen-bond acceptors (Lipinski definition) is 2. The summed E-state index contributed by atoms with van der Waals surface area (Å²) in [6.45, 7) is 0.407. The number of nitrogens with one attached hydrogen (secondary N) is 1. The molecule has 0 bridgehead atoms. The molecule has 0 fully saturated rings. The number of amides is 1. The number of halogens is 1. The van der Waals surface area contributed by atoms with Gasteiger partial charge in [0.2, 0.25) is 5.91 Å². The summed E-state index contributed by atoms with van der Waals surface area (Å²) in [6.07, 6.45) is 3.45. The minimum Gasteiger partial charge on any atom is -0.324 e. The zero-order valence-corrected chi connectivity index (χ0v) is 15.4. The van der Waals surface area contributed by atoms with E-state index in [0.717, 1.165) is 22.1 Å². The second-order valence-corrected chi connectivity index (χ2v) is 7.21. The number of rotatable bonds is 4. The minimum absolute atomic E-state index is 0.0414. The molecule has 1 aliphatic carbocycles. The fourth-order valence-corrected chi connectivity index (χ4v) is 3.80. The van der Waals surface area contributed by atoms with Gasteiger partial charge in [-0.2, -0.15) is 0 Å². The summed E-state index contributed by atoms with van der Waals surface area (Å²) in [6, 6.07) is 16.8. The Morgan fingerprint density at radius 3 is 2.78 bits per heavy atom. The van der Waals surface area contributed by atoms with Crippen molar-refractivity contribution < 1.29 is 4.79 Å². The Morgan fingerprint density at radius 2 is 1.96 bits per heavy atom. The number of aryl methyl sites for hydroxylation is 1. The summed E-state index contributed by atoms with van der Waals surface area (Å²) in [5.74, 6) is 0.0414. The predicted molar refractivity (Wildman–Crippen MR) is 103 cm³/mol. The van der Waals surface area contributed by atoms with E-state index in [9.17, 15) is 4.79 Å². The lowest BCUT2D eigenvalue weighted by Crippen LogP contribution is -2.35. The number of carbonyl (C=O) groups excluding carboxylic acids is 1. The van der Waals surface area contributed by atoms with Gasteiger partial charge in [0.15, 0.2) is 0 Å². The number of benzene rings is 2. The molecule has 0 spiro atoms. The normalized spacial score (nSPS) is 16.9. The van der Waals surface area contributed by atoms with Crippen molar-refractivity contribution >= 4 is 34.2 Å². The van der Waals surface area contributed by atoms with E-state index in [4.69, 9.17) is 0 Å². The van der Waals surface area contributed by atoms with Gasteiger partial charge in [0.25, 0.3) is 0 Å². The average molecular weight is 420 g/mol. The van der Waals surface area contributed by atoms with Crippen LogP contribution in [0.2, 0.25) is 0 Å². The third-order valence-electron chi connectivity index (χ3n) is 4.41. The lowest BCUT2D eigenvalue weighted by Gasteiger charge is -2.32. The van der Waals surface area contributed by atoms with Gasteiger partial charge in [0, 0.05) is 9.61 Å². The van der Waals surface area contributed by atoms with Crippen molar-refractivity contribution in [2.24, 2.45) is 0 Å². The number of hydrogen-bond donors (Lipinski definition) is 1. The molecule has 2 aromatic carbocycles. The summed E-state index contributed by atoms with van der Waals surface area (Å²) in [5.41, 5.74) is 3.69. The van der Waals surface area contributed by atoms with Gasteiger partial charge >= 0.3 is 0 Å². The van der Waals surface area contributed by atoms with Crippen molar-refractivity contribution in [1.29, 1.82) is 0 Å². The molecule has 0 aromatic heterocycles. The Bertz CT molecular complexity index is 701. The molecule has 0 saturated carbocycles. The fourth-order valence-electron chi connectivity index (χ4n) is 3.28. The van der Waals surface area contributed by atoms with E-state index in [2.05, 4.69) is 57.1 Å². The Morgan fingerprint density at radius 1 is 1.22 bits per heavy atom. The number of anilines is 1. The first-order valence-corrected chi connectivity index (χ1v) is 9.05. The summed E-state index contributed by atoms with van der Waals surface area (Å²) < 4.78 is 1.06. The highest BCUT2D eigenvalue weighted by molar-refractivity contribution is 14.1. The minimum atomic E-state index is 0.0414. The predicted octanol–water partition coefficient (Wildman–Crippen LogP) is 4.24. The van der Waals surface area contributed by atoms with Crippen LogP contribution < -0.4 is 5.32 Å². The van der Waals surface area contributed by atoms with E-state index in [1.807, 2.05) is 31.3 Å². The van der Waals surface area contributed by atoms with Crippen molar-refractivity contribution in [3.05, 3.63) is 63.2 Å². The highest BCUT2D eigenvalue weighted by atomic mass is 127. The molecule has 1 N–H and O–H groups in total. The number of para-hydroxylation sites is 1. The van der Waals surface area contributed by atoms with Crippen LogP contribution in [0.15, 0.2) is 48.5 Å². The third-order valence-corrected chi connectivity index (χ3v) is 5.35. The van der Waals surface area contributed by atoms with Crippen LogP contribution in [0.5, 0.6) is 0 Å². The van der Waals surface area contributed by atoms with E-state index < -0.39 is 0 Å². The Kier molecular flexibility index (Phi) is 5.33.